The van der Waals surface area contributed by atoms with Crippen LogP contribution in [-0.4, -0.2) is 5.78 Å². The molecule has 4 aromatic rings. The number of benzene rings is 2. The Bertz CT molecular complexity index is 1470. The van der Waals surface area contributed by atoms with E-state index in [-0.39, 0.29) is 22.7 Å². The molecule has 4 nitrogen and oxygen atoms in total. The van der Waals surface area contributed by atoms with Crippen LogP contribution in [-0.2, 0) is 0 Å². The standard InChI is InChI=1S/C25H11FN2O2S/c26-16-7-5-14(6-8-16)22-11-21-23(31-22)10-17(30-21)9-20-24(15(12-27)13-28)18-3-1-2-4-19(18)25(20)29/h1-11H/b20-9-. The molecule has 0 amide bonds. The highest BCUT2D eigenvalue weighted by Crippen LogP contribution is 2.41. The number of halogens is 1. The number of thiophene rings is 1. The van der Waals surface area contributed by atoms with Gasteiger partial charge >= 0.3 is 0 Å². The van der Waals surface area contributed by atoms with Gasteiger partial charge in [-0.25, -0.2) is 4.39 Å². The van der Waals surface area contributed by atoms with Gasteiger partial charge in [-0.1, -0.05) is 36.4 Å². The Morgan fingerprint density at radius 3 is 2.39 bits per heavy atom. The zero-order valence-electron chi connectivity index (χ0n) is 15.8. The molecule has 2 aromatic carbocycles. The first-order valence-electron chi connectivity index (χ1n) is 9.29. The van der Waals surface area contributed by atoms with Crippen LogP contribution in [0.1, 0.15) is 21.7 Å². The Labute approximate surface area is 180 Å². The van der Waals surface area contributed by atoms with Gasteiger partial charge in [0.25, 0.3) is 0 Å². The predicted molar refractivity (Wildman–Crippen MR) is 116 cm³/mol. The number of Topliss-reactive ketones (excluding diaryl/α,β-unsaturated/α-hetero) is 1. The summed E-state index contributed by atoms with van der Waals surface area (Å²) in [5.74, 6) is -0.0887. The van der Waals surface area contributed by atoms with Gasteiger partial charge in [0.15, 0.2) is 5.78 Å². The normalized spacial score (nSPS) is 14.0. The van der Waals surface area contributed by atoms with E-state index in [2.05, 4.69) is 0 Å². The Morgan fingerprint density at radius 1 is 1.00 bits per heavy atom. The van der Waals surface area contributed by atoms with Crippen LogP contribution in [0.5, 0.6) is 0 Å². The molecule has 0 radical (unpaired) electrons. The lowest BCUT2D eigenvalue weighted by Crippen LogP contribution is -1.95. The first kappa shape index (κ1) is 18.7. The van der Waals surface area contributed by atoms with Crippen LogP contribution in [0.3, 0.4) is 0 Å². The molecule has 0 saturated carbocycles. The molecule has 1 aliphatic rings. The summed E-state index contributed by atoms with van der Waals surface area (Å²) in [6, 6.07) is 20.6. The molecule has 2 aromatic heterocycles. The van der Waals surface area contributed by atoms with Crippen LogP contribution < -0.4 is 0 Å². The number of rotatable bonds is 2. The number of hydrogen-bond acceptors (Lipinski definition) is 5. The fourth-order valence-corrected chi connectivity index (χ4v) is 4.70. The second kappa shape index (κ2) is 7.21. The van der Waals surface area contributed by atoms with Crippen molar-refractivity contribution in [2.24, 2.45) is 0 Å². The Hall–Kier alpha value is -4.26. The van der Waals surface area contributed by atoms with Crippen molar-refractivity contribution in [1.82, 2.24) is 0 Å². The van der Waals surface area contributed by atoms with Gasteiger partial charge < -0.3 is 4.42 Å². The zero-order valence-corrected chi connectivity index (χ0v) is 16.7. The summed E-state index contributed by atoms with van der Waals surface area (Å²) in [6.07, 6.45) is 1.58. The second-order valence-electron chi connectivity index (χ2n) is 6.90. The first-order chi connectivity index (χ1) is 15.1. The van der Waals surface area contributed by atoms with Crippen molar-refractivity contribution in [2.45, 2.75) is 0 Å². The average molecular weight is 422 g/mol. The molecule has 1 aliphatic carbocycles. The minimum atomic E-state index is -0.293. The largest absolute Gasteiger partial charge is 0.456 e. The molecule has 2 heterocycles. The third kappa shape index (κ3) is 3.07. The lowest BCUT2D eigenvalue weighted by Gasteiger charge is -2.00. The Morgan fingerprint density at radius 2 is 1.71 bits per heavy atom. The van der Waals surface area contributed by atoms with E-state index >= 15 is 0 Å². The number of ketones is 1. The van der Waals surface area contributed by atoms with Gasteiger partial charge in [0, 0.05) is 33.7 Å². The molecule has 0 atom stereocenters. The van der Waals surface area contributed by atoms with Gasteiger partial charge in [-0.3, -0.25) is 4.79 Å². The number of nitrogens with zero attached hydrogens (tertiary/aromatic N) is 2. The molecule has 0 aliphatic heterocycles. The highest BCUT2D eigenvalue weighted by molar-refractivity contribution is 7.22. The molecular formula is C25H11FN2O2S. The minimum absolute atomic E-state index is 0.114. The van der Waals surface area contributed by atoms with Crippen LogP contribution in [0.4, 0.5) is 4.39 Å². The van der Waals surface area contributed by atoms with E-state index in [1.165, 1.54) is 23.5 Å². The number of furan rings is 1. The van der Waals surface area contributed by atoms with Crippen molar-refractivity contribution < 1.29 is 13.6 Å². The summed E-state index contributed by atoms with van der Waals surface area (Å²) in [6.45, 7) is 0. The van der Waals surface area contributed by atoms with Crippen LogP contribution in [0, 0.1) is 28.5 Å². The molecule has 0 saturated heterocycles. The number of hydrogen-bond donors (Lipinski definition) is 0. The fraction of sp³-hybridized carbons (Fsp3) is 0. The van der Waals surface area contributed by atoms with E-state index in [0.717, 1.165) is 15.1 Å². The van der Waals surface area contributed by atoms with E-state index < -0.39 is 0 Å². The summed E-state index contributed by atoms with van der Waals surface area (Å²) < 4.78 is 20.0. The van der Waals surface area contributed by atoms with E-state index in [0.29, 0.717) is 28.0 Å². The molecular weight excluding hydrogens is 411 g/mol. The zero-order chi connectivity index (χ0) is 21.5. The van der Waals surface area contributed by atoms with Gasteiger partial charge in [0.2, 0.25) is 0 Å². The van der Waals surface area contributed by atoms with Crippen molar-refractivity contribution in [1.29, 1.82) is 10.5 Å². The van der Waals surface area contributed by atoms with E-state index in [1.807, 2.05) is 24.3 Å². The molecule has 146 valence electrons. The topological polar surface area (TPSA) is 77.8 Å². The maximum absolute atomic E-state index is 13.2. The molecule has 0 fully saturated rings. The summed E-state index contributed by atoms with van der Waals surface area (Å²) in [5.41, 5.74) is 3.04. The van der Waals surface area contributed by atoms with Crippen molar-refractivity contribution >= 4 is 39.1 Å². The lowest BCUT2D eigenvalue weighted by atomic mass is 9.99. The monoisotopic (exact) mass is 422 g/mol. The average Bonchev–Trinajstić information content (AvgIpc) is 3.42. The van der Waals surface area contributed by atoms with E-state index in [4.69, 9.17) is 4.42 Å². The summed E-state index contributed by atoms with van der Waals surface area (Å²) in [7, 11) is 0. The van der Waals surface area contributed by atoms with Gasteiger partial charge in [-0.05, 0) is 29.3 Å². The lowest BCUT2D eigenvalue weighted by molar-refractivity contribution is 0.104. The third-order valence-corrected chi connectivity index (χ3v) is 6.18. The smallest absolute Gasteiger partial charge is 0.194 e. The minimum Gasteiger partial charge on any atom is -0.456 e. The molecule has 0 bridgehead atoms. The first-order valence-corrected chi connectivity index (χ1v) is 10.1. The van der Waals surface area contributed by atoms with Crippen LogP contribution in [0.15, 0.2) is 76.2 Å². The Kier molecular flexibility index (Phi) is 4.36. The van der Waals surface area contributed by atoms with Crippen LogP contribution in [0.2, 0.25) is 0 Å². The molecule has 0 spiro atoms. The Balaban J connectivity index is 1.60. The number of carbonyl (C=O) groups is 1. The molecule has 0 unspecified atom stereocenters. The number of allylic oxidation sites excluding steroid dienone is 3. The highest BCUT2D eigenvalue weighted by atomic mass is 32.1. The summed E-state index contributed by atoms with van der Waals surface area (Å²) in [4.78, 5) is 13.9. The van der Waals surface area contributed by atoms with Gasteiger partial charge in [-0.2, -0.15) is 10.5 Å². The summed E-state index contributed by atoms with van der Waals surface area (Å²) >= 11 is 1.49. The fourth-order valence-electron chi connectivity index (χ4n) is 3.67. The summed E-state index contributed by atoms with van der Waals surface area (Å²) in [5, 5.41) is 18.8. The van der Waals surface area contributed by atoms with Gasteiger partial charge in [0.05, 0.1) is 4.70 Å². The highest BCUT2D eigenvalue weighted by Gasteiger charge is 2.32. The maximum atomic E-state index is 13.2. The van der Waals surface area contributed by atoms with Crippen LogP contribution >= 0.6 is 11.3 Å². The molecule has 6 heteroatoms. The maximum Gasteiger partial charge on any atom is 0.194 e. The SMILES string of the molecule is N#CC(C#N)=C1/C(=C/c2cc3sc(-c4ccc(F)cc4)cc3o2)C(=O)c2ccccc21. The third-order valence-electron chi connectivity index (χ3n) is 5.07. The number of fused-ring (bicyclic) bond motifs is 2. The van der Waals surface area contributed by atoms with Gasteiger partial charge in [0.1, 0.15) is 34.9 Å². The van der Waals surface area contributed by atoms with Crippen molar-refractivity contribution in [3.05, 3.63) is 94.5 Å². The molecule has 5 rings (SSSR count). The number of carbonyl (C=O) groups excluding carboxylic acids is 1. The second-order valence-corrected chi connectivity index (χ2v) is 7.98. The van der Waals surface area contributed by atoms with Crippen molar-refractivity contribution in [3.8, 4) is 22.6 Å². The molecule has 0 N–H and O–H groups in total. The van der Waals surface area contributed by atoms with E-state index in [1.54, 1.807) is 42.5 Å². The quantitative estimate of drug-likeness (QED) is 0.277. The predicted octanol–water partition coefficient (Wildman–Crippen LogP) is 6.38. The van der Waals surface area contributed by atoms with Crippen molar-refractivity contribution in [3.63, 3.8) is 0 Å². The van der Waals surface area contributed by atoms with Crippen molar-refractivity contribution in [2.75, 3.05) is 0 Å². The van der Waals surface area contributed by atoms with Crippen LogP contribution in [0.25, 0.3) is 32.4 Å². The van der Waals surface area contributed by atoms with Gasteiger partial charge in [-0.15, -0.1) is 11.3 Å². The number of nitriles is 2. The van der Waals surface area contributed by atoms with E-state index in [9.17, 15) is 19.7 Å². The molecule has 31 heavy (non-hydrogen) atoms.